The quantitative estimate of drug-likeness (QED) is 0.802. The number of likely N-dealkylation sites (tertiary alicyclic amines) is 1. The number of carbonyl (C=O) groups is 1. The molecule has 106 valence electrons. The van der Waals surface area contributed by atoms with Crippen LogP contribution >= 0.6 is 0 Å². The van der Waals surface area contributed by atoms with Crippen LogP contribution in [0.25, 0.3) is 0 Å². The van der Waals surface area contributed by atoms with Crippen molar-refractivity contribution in [3.63, 3.8) is 0 Å². The van der Waals surface area contributed by atoms with E-state index in [-0.39, 0.29) is 5.91 Å². The fourth-order valence-electron chi connectivity index (χ4n) is 2.27. The Morgan fingerprint density at radius 2 is 1.67 bits per heavy atom. The number of nitrogens with zero attached hydrogens (tertiary/aromatic N) is 1. The van der Waals surface area contributed by atoms with Gasteiger partial charge in [-0.3, -0.25) is 9.69 Å². The number of hydrogen-bond donors (Lipinski definition) is 2. The maximum Gasteiger partial charge on any atom is 0.234 e. The zero-order valence-corrected chi connectivity index (χ0v) is 12.6. The van der Waals surface area contributed by atoms with Crippen molar-refractivity contribution >= 4 is 5.91 Å². The maximum atomic E-state index is 12.1. The van der Waals surface area contributed by atoms with Crippen molar-refractivity contribution in [1.29, 1.82) is 0 Å². The van der Waals surface area contributed by atoms with E-state index in [0.29, 0.717) is 18.6 Å². The molecule has 1 aliphatic heterocycles. The molecule has 4 heteroatoms. The number of carbonyl (C=O) groups excluding carboxylic acids is 1. The molecule has 1 aliphatic rings. The third-order valence-corrected chi connectivity index (χ3v) is 4.44. The third kappa shape index (κ3) is 3.45. The van der Waals surface area contributed by atoms with Crippen LogP contribution in [0.15, 0.2) is 0 Å². The molecule has 2 N–H and O–H groups in total. The van der Waals surface area contributed by atoms with Crippen LogP contribution in [0, 0.1) is 0 Å². The second-order valence-corrected chi connectivity index (χ2v) is 6.68. The monoisotopic (exact) mass is 256 g/mol. The van der Waals surface area contributed by atoms with Crippen molar-refractivity contribution in [2.75, 3.05) is 6.54 Å². The SMILES string of the molecule is CC1CCC(C)N1CC(=O)NC(C)(C)C(C)(C)O. The van der Waals surface area contributed by atoms with E-state index in [0.717, 1.165) is 12.8 Å². The highest BCUT2D eigenvalue weighted by atomic mass is 16.3. The molecule has 0 saturated carbocycles. The summed E-state index contributed by atoms with van der Waals surface area (Å²) in [6, 6.07) is 0.937. The van der Waals surface area contributed by atoms with Crippen LogP contribution in [0.3, 0.4) is 0 Å². The van der Waals surface area contributed by atoms with Gasteiger partial charge in [0.25, 0.3) is 0 Å². The molecule has 1 fully saturated rings. The van der Waals surface area contributed by atoms with Gasteiger partial charge in [-0.05, 0) is 54.4 Å². The second kappa shape index (κ2) is 5.17. The minimum atomic E-state index is -0.940. The predicted octanol–water partition coefficient (Wildman–Crippen LogP) is 1.52. The smallest absolute Gasteiger partial charge is 0.234 e. The van der Waals surface area contributed by atoms with Gasteiger partial charge in [0.15, 0.2) is 0 Å². The minimum Gasteiger partial charge on any atom is -0.388 e. The Morgan fingerprint density at radius 1 is 1.22 bits per heavy atom. The van der Waals surface area contributed by atoms with Gasteiger partial charge in [0, 0.05) is 12.1 Å². The molecule has 4 nitrogen and oxygen atoms in total. The van der Waals surface area contributed by atoms with Crippen LogP contribution in [0.2, 0.25) is 0 Å². The molecule has 1 rings (SSSR count). The first-order valence-corrected chi connectivity index (χ1v) is 6.84. The molecule has 0 aliphatic carbocycles. The van der Waals surface area contributed by atoms with Crippen LogP contribution in [0.4, 0.5) is 0 Å². The molecular weight excluding hydrogens is 228 g/mol. The largest absolute Gasteiger partial charge is 0.388 e. The maximum absolute atomic E-state index is 12.1. The summed E-state index contributed by atoms with van der Waals surface area (Å²) in [5, 5.41) is 13.0. The molecule has 1 heterocycles. The first-order valence-electron chi connectivity index (χ1n) is 6.84. The zero-order chi connectivity index (χ0) is 14.1. The summed E-state index contributed by atoms with van der Waals surface area (Å²) < 4.78 is 0. The van der Waals surface area contributed by atoms with Gasteiger partial charge in [-0.15, -0.1) is 0 Å². The highest BCUT2D eigenvalue weighted by Crippen LogP contribution is 2.24. The minimum absolute atomic E-state index is 0.0114. The molecule has 0 radical (unpaired) electrons. The van der Waals surface area contributed by atoms with E-state index < -0.39 is 11.1 Å². The normalized spacial score (nSPS) is 26.4. The van der Waals surface area contributed by atoms with Crippen molar-refractivity contribution in [3.8, 4) is 0 Å². The summed E-state index contributed by atoms with van der Waals surface area (Å²) in [5.41, 5.74) is -1.57. The molecule has 0 aromatic heterocycles. The lowest BCUT2D eigenvalue weighted by molar-refractivity contribution is -0.127. The average Bonchev–Trinajstić information content (AvgIpc) is 2.46. The third-order valence-electron chi connectivity index (χ3n) is 4.44. The highest BCUT2D eigenvalue weighted by Gasteiger charge is 2.37. The van der Waals surface area contributed by atoms with E-state index >= 15 is 0 Å². The Labute approximate surface area is 111 Å². The van der Waals surface area contributed by atoms with E-state index in [1.807, 2.05) is 13.8 Å². The van der Waals surface area contributed by atoms with Gasteiger partial charge in [-0.2, -0.15) is 0 Å². The van der Waals surface area contributed by atoms with Gasteiger partial charge in [0.2, 0.25) is 5.91 Å². The summed E-state index contributed by atoms with van der Waals surface area (Å²) in [6.07, 6.45) is 2.31. The summed E-state index contributed by atoms with van der Waals surface area (Å²) >= 11 is 0. The first-order chi connectivity index (χ1) is 8.04. The van der Waals surface area contributed by atoms with E-state index in [9.17, 15) is 9.90 Å². The van der Waals surface area contributed by atoms with Gasteiger partial charge in [-0.25, -0.2) is 0 Å². The Kier molecular flexibility index (Phi) is 4.44. The van der Waals surface area contributed by atoms with Gasteiger partial charge in [0.1, 0.15) is 0 Å². The van der Waals surface area contributed by atoms with Crippen molar-refractivity contribution in [2.45, 2.75) is 77.6 Å². The number of nitrogens with one attached hydrogen (secondary N) is 1. The number of amides is 1. The van der Waals surface area contributed by atoms with Crippen molar-refractivity contribution in [2.24, 2.45) is 0 Å². The second-order valence-electron chi connectivity index (χ2n) is 6.68. The van der Waals surface area contributed by atoms with E-state index in [4.69, 9.17) is 0 Å². The van der Waals surface area contributed by atoms with Crippen molar-refractivity contribution in [3.05, 3.63) is 0 Å². The fraction of sp³-hybridized carbons (Fsp3) is 0.929. The van der Waals surface area contributed by atoms with Crippen LogP contribution in [0.1, 0.15) is 54.4 Å². The zero-order valence-electron chi connectivity index (χ0n) is 12.6. The summed E-state index contributed by atoms with van der Waals surface area (Å²) in [4.78, 5) is 14.3. The molecule has 1 saturated heterocycles. The van der Waals surface area contributed by atoms with E-state index in [1.54, 1.807) is 13.8 Å². The lowest BCUT2D eigenvalue weighted by atomic mass is 9.86. The first kappa shape index (κ1) is 15.4. The van der Waals surface area contributed by atoms with Crippen LogP contribution < -0.4 is 5.32 Å². The lowest BCUT2D eigenvalue weighted by Gasteiger charge is -2.38. The predicted molar refractivity (Wildman–Crippen MR) is 73.4 cm³/mol. The summed E-state index contributed by atoms with van der Waals surface area (Å²) in [6.45, 7) is 11.9. The van der Waals surface area contributed by atoms with E-state index in [2.05, 4.69) is 24.1 Å². The van der Waals surface area contributed by atoms with Gasteiger partial charge in [0.05, 0.1) is 17.7 Å². The molecule has 2 unspecified atom stereocenters. The molecule has 0 aromatic rings. The van der Waals surface area contributed by atoms with Crippen molar-refractivity contribution < 1.29 is 9.90 Å². The van der Waals surface area contributed by atoms with Crippen LogP contribution in [0.5, 0.6) is 0 Å². The number of rotatable bonds is 4. The van der Waals surface area contributed by atoms with Crippen LogP contribution in [-0.4, -0.2) is 45.7 Å². The Balaban J connectivity index is 2.57. The Morgan fingerprint density at radius 3 is 2.06 bits per heavy atom. The molecule has 1 amide bonds. The van der Waals surface area contributed by atoms with Gasteiger partial charge < -0.3 is 10.4 Å². The number of hydrogen-bond acceptors (Lipinski definition) is 3. The number of aliphatic hydroxyl groups is 1. The lowest BCUT2D eigenvalue weighted by Crippen LogP contribution is -2.59. The summed E-state index contributed by atoms with van der Waals surface area (Å²) in [7, 11) is 0. The Bertz CT molecular complexity index is 297. The molecule has 0 aromatic carbocycles. The molecule has 0 bridgehead atoms. The molecule has 18 heavy (non-hydrogen) atoms. The Hall–Kier alpha value is -0.610. The standard InChI is InChI=1S/C14H28N2O2/c1-10-7-8-11(2)16(10)9-12(17)15-13(3,4)14(5,6)18/h10-11,18H,7-9H2,1-6H3,(H,15,17). The topological polar surface area (TPSA) is 52.6 Å². The van der Waals surface area contributed by atoms with E-state index in [1.165, 1.54) is 0 Å². The van der Waals surface area contributed by atoms with Crippen molar-refractivity contribution in [1.82, 2.24) is 10.2 Å². The average molecular weight is 256 g/mol. The fourth-order valence-corrected chi connectivity index (χ4v) is 2.27. The summed E-state index contributed by atoms with van der Waals surface area (Å²) in [5.74, 6) is -0.0114. The van der Waals surface area contributed by atoms with Gasteiger partial charge in [-0.1, -0.05) is 0 Å². The highest BCUT2D eigenvalue weighted by molar-refractivity contribution is 5.79. The molecular formula is C14H28N2O2. The molecule has 2 atom stereocenters. The van der Waals surface area contributed by atoms with Crippen LogP contribution in [-0.2, 0) is 4.79 Å². The van der Waals surface area contributed by atoms with Gasteiger partial charge >= 0.3 is 0 Å². The molecule has 0 spiro atoms.